The van der Waals surface area contributed by atoms with E-state index in [0.717, 1.165) is 16.7 Å². The van der Waals surface area contributed by atoms with E-state index in [2.05, 4.69) is 20.6 Å². The van der Waals surface area contributed by atoms with E-state index in [9.17, 15) is 19.2 Å². The molecule has 1 atom stereocenters. The summed E-state index contributed by atoms with van der Waals surface area (Å²) in [5, 5.41) is 5.19. The second kappa shape index (κ2) is 18.9. The molecule has 1 unspecified atom stereocenters. The number of benzene rings is 4. The number of carbonyl (C=O) groups is 4. The third-order valence-electron chi connectivity index (χ3n) is 7.63. The summed E-state index contributed by atoms with van der Waals surface area (Å²) < 4.78 is 16.6. The molecule has 1 aromatic heterocycles. The van der Waals surface area contributed by atoms with Gasteiger partial charge in [0.1, 0.15) is 38.2 Å². The van der Waals surface area contributed by atoms with Crippen LogP contribution in [-0.2, 0) is 56.6 Å². The molecule has 0 saturated heterocycles. The van der Waals surface area contributed by atoms with Gasteiger partial charge in [-0.25, -0.2) is 9.78 Å². The van der Waals surface area contributed by atoms with Crippen molar-refractivity contribution in [1.82, 2.24) is 25.5 Å². The van der Waals surface area contributed by atoms with Crippen LogP contribution >= 0.6 is 0 Å². The summed E-state index contributed by atoms with van der Waals surface area (Å²) in [6, 6.07) is 34.1. The predicted octanol–water partition coefficient (Wildman–Crippen LogP) is 4.71. The van der Waals surface area contributed by atoms with Gasteiger partial charge in [-0.1, -0.05) is 103 Å². The largest absolute Gasteiger partial charge is 0.489 e. The summed E-state index contributed by atoms with van der Waals surface area (Å²) >= 11 is 0. The Bertz CT molecular complexity index is 1820. The SMILES string of the molecule is O=C(CN(Cc1ccc(OCc2ccccc2)cc1)C(=O)C(Cc1c[nH]cn1)NC(=O)OCc1ccccc1)NCC(=O)OCc1ccccc1. The molecule has 0 fully saturated rings. The highest BCUT2D eigenvalue weighted by Gasteiger charge is 2.29. The third-order valence-corrected chi connectivity index (χ3v) is 7.63. The Morgan fingerprint density at radius 1 is 0.706 bits per heavy atom. The van der Waals surface area contributed by atoms with Crippen molar-refractivity contribution in [2.75, 3.05) is 13.1 Å². The number of amides is 3. The lowest BCUT2D eigenvalue weighted by atomic mass is 10.1. The number of nitrogens with zero attached hydrogens (tertiary/aromatic N) is 2. The van der Waals surface area contributed by atoms with Crippen molar-refractivity contribution < 1.29 is 33.4 Å². The number of carbonyl (C=O) groups excluding carboxylic acids is 4. The molecule has 12 heteroatoms. The molecule has 0 saturated carbocycles. The van der Waals surface area contributed by atoms with Crippen LogP contribution in [0, 0.1) is 0 Å². The van der Waals surface area contributed by atoms with Gasteiger partial charge in [-0.3, -0.25) is 14.4 Å². The molecular formula is C39H39N5O7. The van der Waals surface area contributed by atoms with Crippen molar-refractivity contribution >= 4 is 23.9 Å². The van der Waals surface area contributed by atoms with Gasteiger partial charge in [-0.05, 0) is 34.4 Å². The molecule has 0 bridgehead atoms. The lowest BCUT2D eigenvalue weighted by molar-refractivity contribution is -0.145. The number of aromatic amines is 1. The van der Waals surface area contributed by atoms with E-state index in [1.54, 1.807) is 30.5 Å². The van der Waals surface area contributed by atoms with Gasteiger partial charge < -0.3 is 34.7 Å². The molecule has 1 heterocycles. The van der Waals surface area contributed by atoms with E-state index in [4.69, 9.17) is 14.2 Å². The molecule has 0 aliphatic heterocycles. The minimum Gasteiger partial charge on any atom is -0.489 e. The van der Waals surface area contributed by atoms with Crippen LogP contribution in [0.25, 0.3) is 0 Å². The zero-order valence-electron chi connectivity index (χ0n) is 27.9. The molecule has 5 aromatic rings. The molecule has 3 N–H and O–H groups in total. The van der Waals surface area contributed by atoms with Gasteiger partial charge >= 0.3 is 12.1 Å². The molecule has 4 aromatic carbocycles. The molecule has 0 aliphatic rings. The van der Waals surface area contributed by atoms with Crippen LogP contribution in [0.3, 0.4) is 0 Å². The van der Waals surface area contributed by atoms with Crippen LogP contribution < -0.4 is 15.4 Å². The van der Waals surface area contributed by atoms with Crippen molar-refractivity contribution in [2.45, 2.75) is 38.8 Å². The van der Waals surface area contributed by atoms with E-state index in [0.29, 0.717) is 23.6 Å². The molecule has 51 heavy (non-hydrogen) atoms. The molecule has 0 spiro atoms. The van der Waals surface area contributed by atoms with Gasteiger partial charge in [-0.2, -0.15) is 0 Å². The Hall–Kier alpha value is -6.43. The molecule has 5 rings (SSSR count). The quantitative estimate of drug-likeness (QED) is 0.119. The van der Waals surface area contributed by atoms with E-state index >= 15 is 0 Å². The summed E-state index contributed by atoms with van der Waals surface area (Å²) in [7, 11) is 0. The number of H-pyrrole nitrogens is 1. The third kappa shape index (κ3) is 12.2. The maximum Gasteiger partial charge on any atom is 0.408 e. The van der Waals surface area contributed by atoms with Gasteiger partial charge in [0.25, 0.3) is 0 Å². The second-order valence-electron chi connectivity index (χ2n) is 11.6. The molecular weight excluding hydrogens is 650 g/mol. The number of esters is 1. The average Bonchev–Trinajstić information content (AvgIpc) is 3.69. The van der Waals surface area contributed by atoms with Crippen molar-refractivity contribution in [2.24, 2.45) is 0 Å². The molecule has 0 aliphatic carbocycles. The van der Waals surface area contributed by atoms with E-state index in [-0.39, 0.29) is 32.7 Å². The Morgan fingerprint density at radius 2 is 1.29 bits per heavy atom. The fraction of sp³-hybridized carbons (Fsp3) is 0.205. The highest BCUT2D eigenvalue weighted by molar-refractivity contribution is 5.90. The number of rotatable bonds is 17. The highest BCUT2D eigenvalue weighted by atomic mass is 16.5. The predicted molar refractivity (Wildman–Crippen MR) is 188 cm³/mol. The smallest absolute Gasteiger partial charge is 0.408 e. The standard InChI is InChI=1S/C39H39N5O7/c45-36(41-22-37(46)50-26-31-12-6-2-7-13-31)24-44(23-29-16-18-34(19-17-29)49-25-30-10-4-1-5-11-30)38(47)35(20-33-21-40-28-42-33)43-39(48)51-27-32-14-8-3-9-15-32/h1-19,21,28,35H,20,22-27H2,(H,40,42)(H,41,45)(H,43,48). The van der Waals surface area contributed by atoms with Gasteiger partial charge in [0.15, 0.2) is 0 Å². The first-order chi connectivity index (χ1) is 24.9. The summed E-state index contributed by atoms with van der Waals surface area (Å²) in [5.41, 5.74) is 3.83. The van der Waals surface area contributed by atoms with Gasteiger partial charge in [0.05, 0.1) is 18.6 Å². The number of ether oxygens (including phenoxy) is 3. The fourth-order valence-electron chi connectivity index (χ4n) is 4.99. The zero-order chi connectivity index (χ0) is 35.7. The monoisotopic (exact) mass is 689 g/mol. The van der Waals surface area contributed by atoms with Crippen LogP contribution in [0.15, 0.2) is 128 Å². The number of hydrogen-bond acceptors (Lipinski definition) is 8. The number of imidazole rings is 1. The number of hydrogen-bond donors (Lipinski definition) is 3. The minimum absolute atomic E-state index is 0.00116. The first-order valence-corrected chi connectivity index (χ1v) is 16.4. The van der Waals surface area contributed by atoms with E-state index < -0.39 is 36.5 Å². The van der Waals surface area contributed by atoms with Crippen LogP contribution in [-0.4, -0.2) is 57.9 Å². The van der Waals surface area contributed by atoms with E-state index in [1.165, 1.54) is 11.2 Å². The zero-order valence-corrected chi connectivity index (χ0v) is 27.9. The van der Waals surface area contributed by atoms with Gasteiger partial charge in [-0.15, -0.1) is 0 Å². The van der Waals surface area contributed by atoms with Crippen molar-refractivity contribution in [1.29, 1.82) is 0 Å². The summed E-state index contributed by atoms with van der Waals surface area (Å²) in [4.78, 5) is 61.0. The number of nitrogens with one attached hydrogen (secondary N) is 3. The molecule has 262 valence electrons. The van der Waals surface area contributed by atoms with Gasteiger partial charge in [0.2, 0.25) is 11.8 Å². The number of aromatic nitrogens is 2. The molecule has 12 nitrogen and oxygen atoms in total. The van der Waals surface area contributed by atoms with Crippen LogP contribution in [0.4, 0.5) is 4.79 Å². The second-order valence-corrected chi connectivity index (χ2v) is 11.6. The average molecular weight is 690 g/mol. The summed E-state index contributed by atoms with van der Waals surface area (Å²) in [5.74, 6) is -1.14. The first-order valence-electron chi connectivity index (χ1n) is 16.4. The lowest BCUT2D eigenvalue weighted by Gasteiger charge is -2.27. The fourth-order valence-corrected chi connectivity index (χ4v) is 4.99. The highest BCUT2D eigenvalue weighted by Crippen LogP contribution is 2.17. The van der Waals surface area contributed by atoms with Crippen LogP contribution in [0.2, 0.25) is 0 Å². The Labute approximate surface area is 295 Å². The van der Waals surface area contributed by atoms with Crippen molar-refractivity contribution in [3.05, 3.63) is 156 Å². The molecule has 3 amide bonds. The Kier molecular flexibility index (Phi) is 13.3. The number of alkyl carbamates (subject to hydrolysis) is 1. The Morgan fingerprint density at radius 3 is 1.88 bits per heavy atom. The van der Waals surface area contributed by atoms with Crippen molar-refractivity contribution in [3.8, 4) is 5.75 Å². The summed E-state index contributed by atoms with van der Waals surface area (Å²) in [6.07, 6.45) is 2.30. The Balaban J connectivity index is 1.26. The van der Waals surface area contributed by atoms with Crippen LogP contribution in [0.1, 0.15) is 27.9 Å². The van der Waals surface area contributed by atoms with E-state index in [1.807, 2.05) is 91.0 Å². The summed E-state index contributed by atoms with van der Waals surface area (Å²) in [6.45, 7) is -0.328. The maximum absolute atomic E-state index is 14.2. The normalized spacial score (nSPS) is 11.1. The van der Waals surface area contributed by atoms with Crippen molar-refractivity contribution in [3.63, 3.8) is 0 Å². The van der Waals surface area contributed by atoms with Gasteiger partial charge in [0, 0.05) is 19.2 Å². The molecule has 0 radical (unpaired) electrons. The van der Waals surface area contributed by atoms with Crippen LogP contribution in [0.5, 0.6) is 5.75 Å². The first kappa shape index (κ1) is 35.9. The maximum atomic E-state index is 14.2. The topological polar surface area (TPSA) is 152 Å². The lowest BCUT2D eigenvalue weighted by Crippen LogP contribution is -2.52. The minimum atomic E-state index is -1.13.